The van der Waals surface area contributed by atoms with Crippen LogP contribution in [0, 0.1) is 0 Å². The zero-order chi connectivity index (χ0) is 20.0. The van der Waals surface area contributed by atoms with Crippen LogP contribution in [0.4, 0.5) is 0 Å². The quantitative estimate of drug-likeness (QED) is 0.461. The fourth-order valence-electron chi connectivity index (χ4n) is 2.39. The lowest BCUT2D eigenvalue weighted by Gasteiger charge is -2.13. The van der Waals surface area contributed by atoms with Gasteiger partial charge in [-0.1, -0.05) is 18.2 Å². The molecule has 2 rings (SSSR count). The molecule has 0 spiro atoms. The summed E-state index contributed by atoms with van der Waals surface area (Å²) in [6, 6.07) is 8.39. The Kier molecular flexibility index (Phi) is 6.87. The Balaban J connectivity index is 2.36. The Hall–Kier alpha value is -2.51. The van der Waals surface area contributed by atoms with Crippen molar-refractivity contribution in [3.8, 4) is 28.7 Å². The summed E-state index contributed by atoms with van der Waals surface area (Å²) in [5, 5.41) is 0. The van der Waals surface area contributed by atoms with E-state index in [0.717, 1.165) is 5.56 Å². The van der Waals surface area contributed by atoms with E-state index in [1.54, 1.807) is 36.4 Å². The third kappa shape index (κ3) is 5.48. The third-order valence-electron chi connectivity index (χ3n) is 3.56. The Morgan fingerprint density at radius 1 is 0.667 bits per heavy atom. The second kappa shape index (κ2) is 8.92. The number of benzene rings is 2. The standard InChI is InChI=1S/C18H22O8P/c1-22-14-8-7-12(9-15(14)26-27(19,20)21)5-6-13-10-16(23-2)18(25-4)17(11-13)24-3/h5-11,19-21H,1-4H3/q+1/b6-5-. The van der Waals surface area contributed by atoms with Gasteiger partial charge in [-0.3, -0.25) is 4.52 Å². The molecule has 0 fully saturated rings. The molecule has 2 aromatic carbocycles. The van der Waals surface area contributed by atoms with E-state index in [-0.39, 0.29) is 11.5 Å². The molecule has 0 aliphatic carbocycles. The minimum absolute atomic E-state index is 0.00498. The second-order valence-electron chi connectivity index (χ2n) is 5.31. The van der Waals surface area contributed by atoms with Crippen LogP contribution in [-0.4, -0.2) is 43.1 Å². The molecule has 0 unspecified atom stereocenters. The third-order valence-corrected chi connectivity index (χ3v) is 4.01. The average Bonchev–Trinajstić information content (AvgIpc) is 2.64. The van der Waals surface area contributed by atoms with E-state index in [1.807, 2.05) is 0 Å². The van der Waals surface area contributed by atoms with Gasteiger partial charge in [0.2, 0.25) is 11.5 Å². The molecule has 2 aromatic rings. The van der Waals surface area contributed by atoms with Gasteiger partial charge >= 0.3 is 8.17 Å². The molecule has 0 bridgehead atoms. The molecule has 0 atom stereocenters. The van der Waals surface area contributed by atoms with Crippen LogP contribution in [0.1, 0.15) is 11.1 Å². The van der Waals surface area contributed by atoms with Crippen LogP contribution in [0.5, 0.6) is 28.7 Å². The molecule has 3 N–H and O–H groups in total. The maximum Gasteiger partial charge on any atom is 0.614 e. The average molecular weight is 397 g/mol. The highest BCUT2D eigenvalue weighted by molar-refractivity contribution is 7.53. The molecule has 0 aliphatic heterocycles. The van der Waals surface area contributed by atoms with Crippen molar-refractivity contribution in [2.24, 2.45) is 0 Å². The largest absolute Gasteiger partial charge is 0.614 e. The minimum atomic E-state index is -4.46. The Bertz CT molecular complexity index is 788. The smallest absolute Gasteiger partial charge is 0.493 e. The molecule has 0 amide bonds. The summed E-state index contributed by atoms with van der Waals surface area (Å²) in [4.78, 5) is 27.4. The number of rotatable bonds is 8. The van der Waals surface area contributed by atoms with Crippen molar-refractivity contribution in [2.75, 3.05) is 28.4 Å². The highest BCUT2D eigenvalue weighted by Gasteiger charge is 2.36. The predicted molar refractivity (Wildman–Crippen MR) is 102 cm³/mol. The van der Waals surface area contributed by atoms with Gasteiger partial charge in [0, 0.05) is 0 Å². The molecule has 0 saturated heterocycles. The van der Waals surface area contributed by atoms with E-state index >= 15 is 0 Å². The van der Waals surface area contributed by atoms with Gasteiger partial charge in [-0.15, -0.1) is 0 Å². The van der Waals surface area contributed by atoms with Crippen LogP contribution in [0.3, 0.4) is 0 Å². The van der Waals surface area contributed by atoms with Crippen molar-refractivity contribution in [1.82, 2.24) is 0 Å². The van der Waals surface area contributed by atoms with E-state index in [2.05, 4.69) is 0 Å². The van der Waals surface area contributed by atoms with E-state index in [1.165, 1.54) is 34.5 Å². The molecule has 0 aromatic heterocycles. The summed E-state index contributed by atoms with van der Waals surface area (Å²) in [6.07, 6.45) is 3.56. The first-order valence-corrected chi connectivity index (χ1v) is 9.30. The van der Waals surface area contributed by atoms with Crippen molar-refractivity contribution in [3.05, 3.63) is 41.5 Å². The predicted octanol–water partition coefficient (Wildman–Crippen LogP) is 2.92. The molecule has 8 nitrogen and oxygen atoms in total. The lowest BCUT2D eigenvalue weighted by molar-refractivity contribution is 0.233. The Labute approximate surface area is 157 Å². The van der Waals surface area contributed by atoms with Gasteiger partial charge in [-0.05, 0) is 35.4 Å². The number of ether oxygens (including phenoxy) is 4. The van der Waals surface area contributed by atoms with Gasteiger partial charge < -0.3 is 18.9 Å². The number of hydrogen-bond acceptors (Lipinski definition) is 8. The first-order chi connectivity index (χ1) is 12.8. The molecule has 0 saturated carbocycles. The first-order valence-electron chi connectivity index (χ1n) is 7.74. The maximum atomic E-state index is 9.14. The van der Waals surface area contributed by atoms with Gasteiger partial charge in [0.25, 0.3) is 0 Å². The Morgan fingerprint density at radius 3 is 1.67 bits per heavy atom. The van der Waals surface area contributed by atoms with Crippen molar-refractivity contribution >= 4 is 20.3 Å². The molecular formula is C18H22O8P+. The van der Waals surface area contributed by atoms with Crippen LogP contribution in [0.2, 0.25) is 0 Å². The van der Waals surface area contributed by atoms with Crippen LogP contribution in [0.15, 0.2) is 30.3 Å². The van der Waals surface area contributed by atoms with E-state index in [4.69, 9.17) is 38.2 Å². The zero-order valence-corrected chi connectivity index (χ0v) is 16.3. The van der Waals surface area contributed by atoms with Crippen LogP contribution in [-0.2, 0) is 0 Å². The molecular weight excluding hydrogens is 375 g/mol. The lowest BCUT2D eigenvalue weighted by atomic mass is 10.1. The number of methoxy groups -OCH3 is 4. The van der Waals surface area contributed by atoms with E-state index in [0.29, 0.717) is 22.8 Å². The minimum Gasteiger partial charge on any atom is -0.493 e. The van der Waals surface area contributed by atoms with Crippen molar-refractivity contribution in [1.29, 1.82) is 0 Å². The number of hydrogen-bond donors (Lipinski definition) is 3. The molecule has 0 aliphatic rings. The van der Waals surface area contributed by atoms with Crippen LogP contribution in [0.25, 0.3) is 12.2 Å². The zero-order valence-electron chi connectivity index (χ0n) is 15.4. The summed E-state index contributed by atoms with van der Waals surface area (Å²) in [5.41, 5.74) is 1.46. The highest BCUT2D eigenvalue weighted by atomic mass is 31.2. The van der Waals surface area contributed by atoms with Crippen LogP contribution >= 0.6 is 8.17 Å². The molecule has 27 heavy (non-hydrogen) atoms. The van der Waals surface area contributed by atoms with Crippen LogP contribution < -0.4 is 23.5 Å². The fourth-order valence-corrected chi connectivity index (χ4v) is 2.80. The Morgan fingerprint density at radius 2 is 1.19 bits per heavy atom. The molecule has 0 heterocycles. The topological polar surface area (TPSA) is 107 Å². The first kappa shape index (κ1) is 20.8. The van der Waals surface area contributed by atoms with Gasteiger partial charge in [0.05, 0.1) is 28.4 Å². The van der Waals surface area contributed by atoms with Gasteiger partial charge in [-0.25, -0.2) is 0 Å². The summed E-state index contributed by atoms with van der Waals surface area (Å²) < 4.78 is 25.8. The molecule has 9 heteroatoms. The van der Waals surface area contributed by atoms with Gasteiger partial charge in [-0.2, -0.15) is 14.7 Å². The monoisotopic (exact) mass is 397 g/mol. The van der Waals surface area contributed by atoms with Crippen molar-refractivity contribution in [3.63, 3.8) is 0 Å². The SMILES string of the molecule is COc1ccc(/C=C\c2cc(OC)c(OC)c(OC)c2)cc1O[P+](O)(O)O. The second-order valence-corrected chi connectivity index (χ2v) is 6.52. The summed E-state index contributed by atoms with van der Waals surface area (Å²) >= 11 is 0. The highest BCUT2D eigenvalue weighted by Crippen LogP contribution is 2.49. The summed E-state index contributed by atoms with van der Waals surface area (Å²) in [6.45, 7) is 0. The van der Waals surface area contributed by atoms with Crippen molar-refractivity contribution in [2.45, 2.75) is 0 Å². The van der Waals surface area contributed by atoms with E-state index in [9.17, 15) is 0 Å². The van der Waals surface area contributed by atoms with E-state index < -0.39 is 8.17 Å². The normalized spacial score (nSPS) is 11.4. The lowest BCUT2D eigenvalue weighted by Crippen LogP contribution is -1.99. The van der Waals surface area contributed by atoms with Gasteiger partial charge in [0.1, 0.15) is 0 Å². The van der Waals surface area contributed by atoms with Crippen molar-refractivity contribution < 1.29 is 38.2 Å². The molecule has 146 valence electrons. The van der Waals surface area contributed by atoms with Gasteiger partial charge in [0.15, 0.2) is 17.2 Å². The summed E-state index contributed by atoms with van der Waals surface area (Å²) in [5.74, 6) is 1.79. The summed E-state index contributed by atoms with van der Waals surface area (Å²) in [7, 11) is 1.54. The fraction of sp³-hybridized carbons (Fsp3) is 0.222. The maximum absolute atomic E-state index is 9.14. The molecule has 0 radical (unpaired) electrons.